The van der Waals surface area contributed by atoms with E-state index in [1.54, 1.807) is 0 Å². The number of aryl methyl sites for hydroxylation is 2. The number of pyridine rings is 1. The lowest BCUT2D eigenvalue weighted by molar-refractivity contribution is 0.556. The molecule has 2 heterocycles. The Morgan fingerprint density at radius 3 is 1.37 bits per heavy atom. The van der Waals surface area contributed by atoms with E-state index in [4.69, 9.17) is 0 Å². The van der Waals surface area contributed by atoms with Gasteiger partial charge in [0.2, 0.25) is 0 Å². The van der Waals surface area contributed by atoms with Crippen molar-refractivity contribution in [2.45, 2.75) is 149 Å². The first-order valence-electron chi connectivity index (χ1n) is 15.1. The lowest BCUT2D eigenvalue weighted by Crippen LogP contribution is -1.95. The minimum Gasteiger partial charge on any atom is -0.261 e. The second-order valence-corrected chi connectivity index (χ2v) is 10.5. The first-order chi connectivity index (χ1) is 17.3. The lowest BCUT2D eigenvalue weighted by Gasteiger charge is -2.05. The minimum atomic E-state index is 0.791. The predicted molar refractivity (Wildman–Crippen MR) is 152 cm³/mol. The van der Waals surface area contributed by atoms with Crippen molar-refractivity contribution in [3.63, 3.8) is 0 Å². The summed E-state index contributed by atoms with van der Waals surface area (Å²) in [6.45, 7) is 4.57. The number of unbranched alkanes of at least 4 members (excludes halogenated alkanes) is 17. The maximum Gasteiger partial charge on any atom is 0.160 e. The molecule has 2 aromatic rings. The average Bonchev–Trinajstić information content (AvgIpc) is 2.89. The van der Waals surface area contributed by atoms with Crippen molar-refractivity contribution >= 4 is 0 Å². The van der Waals surface area contributed by atoms with Crippen molar-refractivity contribution < 1.29 is 0 Å². The fraction of sp³-hybridized carbons (Fsp3) is 0.719. The Bertz CT molecular complexity index is 723. The first kappa shape index (κ1) is 29.5. The average molecular weight is 480 g/mol. The Morgan fingerprint density at radius 1 is 0.457 bits per heavy atom. The Hall–Kier alpha value is -1.77. The molecule has 0 aliphatic rings. The van der Waals surface area contributed by atoms with Crippen LogP contribution in [-0.2, 0) is 12.8 Å². The van der Waals surface area contributed by atoms with Crippen molar-refractivity contribution in [2.24, 2.45) is 0 Å². The molecule has 0 bridgehead atoms. The van der Waals surface area contributed by atoms with Crippen LogP contribution in [0.1, 0.15) is 147 Å². The van der Waals surface area contributed by atoms with Crippen LogP contribution in [0.5, 0.6) is 0 Å². The van der Waals surface area contributed by atoms with Crippen LogP contribution in [0, 0.1) is 0 Å². The highest BCUT2D eigenvalue weighted by molar-refractivity contribution is 5.53. The van der Waals surface area contributed by atoms with Crippen LogP contribution in [-0.4, -0.2) is 15.0 Å². The van der Waals surface area contributed by atoms with E-state index >= 15 is 0 Å². The molecule has 0 amide bonds. The van der Waals surface area contributed by atoms with Crippen molar-refractivity contribution in [1.82, 2.24) is 15.0 Å². The van der Waals surface area contributed by atoms with Crippen LogP contribution < -0.4 is 0 Å². The van der Waals surface area contributed by atoms with Crippen LogP contribution in [0.25, 0.3) is 11.4 Å². The molecule has 0 atom stereocenters. The molecular formula is C32H53N3. The standard InChI is InChI=1S/C32H53N3/c1-3-5-7-9-11-13-15-16-18-20-22-29-26-34-32(35-27-29)30-24-25-31(33-28-30)23-21-19-17-14-12-10-8-6-4-2/h24-28H,3-23H2,1-2H3. The monoisotopic (exact) mass is 479 g/mol. The Balaban J connectivity index is 1.55. The van der Waals surface area contributed by atoms with Gasteiger partial charge in [0.05, 0.1) is 0 Å². The molecule has 35 heavy (non-hydrogen) atoms. The summed E-state index contributed by atoms with van der Waals surface area (Å²) in [7, 11) is 0. The highest BCUT2D eigenvalue weighted by Crippen LogP contribution is 2.17. The number of hydrogen-bond acceptors (Lipinski definition) is 3. The zero-order chi connectivity index (χ0) is 24.8. The largest absolute Gasteiger partial charge is 0.261 e. The van der Waals surface area contributed by atoms with Crippen LogP contribution >= 0.6 is 0 Å². The van der Waals surface area contributed by atoms with Gasteiger partial charge in [-0.3, -0.25) is 4.98 Å². The highest BCUT2D eigenvalue weighted by Gasteiger charge is 2.04. The third kappa shape index (κ3) is 14.4. The maximum absolute atomic E-state index is 4.67. The maximum atomic E-state index is 4.67. The van der Waals surface area contributed by atoms with Crippen molar-refractivity contribution in [3.05, 3.63) is 42.0 Å². The van der Waals surface area contributed by atoms with Gasteiger partial charge in [-0.05, 0) is 43.4 Å². The third-order valence-corrected chi connectivity index (χ3v) is 7.14. The van der Waals surface area contributed by atoms with Gasteiger partial charge in [-0.2, -0.15) is 0 Å². The quantitative estimate of drug-likeness (QED) is 0.158. The summed E-state index contributed by atoms with van der Waals surface area (Å²) >= 11 is 0. The van der Waals surface area contributed by atoms with Crippen molar-refractivity contribution in [3.8, 4) is 11.4 Å². The normalized spacial score (nSPS) is 11.3. The molecule has 0 spiro atoms. The van der Waals surface area contributed by atoms with E-state index < -0.39 is 0 Å². The van der Waals surface area contributed by atoms with E-state index in [1.165, 1.54) is 133 Å². The van der Waals surface area contributed by atoms with E-state index in [0.717, 1.165) is 24.2 Å². The number of nitrogens with zero attached hydrogens (tertiary/aromatic N) is 3. The van der Waals surface area contributed by atoms with Gasteiger partial charge in [-0.25, -0.2) is 9.97 Å². The second kappa shape index (κ2) is 20.4. The van der Waals surface area contributed by atoms with Gasteiger partial charge in [-0.1, -0.05) is 123 Å². The first-order valence-corrected chi connectivity index (χ1v) is 15.1. The summed E-state index contributed by atoms with van der Waals surface area (Å²) in [5, 5.41) is 0. The molecule has 0 aliphatic heterocycles. The molecule has 0 radical (unpaired) electrons. The van der Waals surface area contributed by atoms with Crippen LogP contribution in [0.3, 0.4) is 0 Å². The van der Waals surface area contributed by atoms with Crippen molar-refractivity contribution in [1.29, 1.82) is 0 Å². The molecule has 0 fully saturated rings. The summed E-state index contributed by atoms with van der Waals surface area (Å²) in [6.07, 6.45) is 34.2. The molecule has 2 aromatic heterocycles. The second-order valence-electron chi connectivity index (χ2n) is 10.5. The van der Waals surface area contributed by atoms with Gasteiger partial charge >= 0.3 is 0 Å². The Kier molecular flexibility index (Phi) is 17.2. The summed E-state index contributed by atoms with van der Waals surface area (Å²) in [5.41, 5.74) is 3.46. The van der Waals surface area contributed by atoms with E-state index in [9.17, 15) is 0 Å². The summed E-state index contributed by atoms with van der Waals surface area (Å²) in [5.74, 6) is 0.791. The SMILES string of the molecule is CCCCCCCCCCCCc1cnc(-c2ccc(CCCCCCCCCCC)nc2)nc1. The topological polar surface area (TPSA) is 38.7 Å². The van der Waals surface area contributed by atoms with Crippen LogP contribution in [0.4, 0.5) is 0 Å². The fourth-order valence-corrected chi connectivity index (χ4v) is 4.77. The third-order valence-electron chi connectivity index (χ3n) is 7.14. The Morgan fingerprint density at radius 2 is 0.914 bits per heavy atom. The zero-order valence-electron chi connectivity index (χ0n) is 23.1. The van der Waals surface area contributed by atoms with E-state index in [0.29, 0.717) is 0 Å². The molecular weight excluding hydrogens is 426 g/mol. The van der Waals surface area contributed by atoms with Gasteiger partial charge < -0.3 is 0 Å². The molecule has 3 nitrogen and oxygen atoms in total. The van der Waals surface area contributed by atoms with E-state index in [2.05, 4.69) is 40.9 Å². The van der Waals surface area contributed by atoms with E-state index in [1.807, 2.05) is 18.6 Å². The van der Waals surface area contributed by atoms with Crippen LogP contribution in [0.2, 0.25) is 0 Å². The molecule has 0 aliphatic carbocycles. The lowest BCUT2D eigenvalue weighted by atomic mass is 10.0. The molecule has 3 heteroatoms. The minimum absolute atomic E-state index is 0.791. The molecule has 196 valence electrons. The van der Waals surface area contributed by atoms with Gasteiger partial charge in [0.1, 0.15) is 0 Å². The van der Waals surface area contributed by atoms with Gasteiger partial charge in [0.15, 0.2) is 5.82 Å². The van der Waals surface area contributed by atoms with Gasteiger partial charge in [0.25, 0.3) is 0 Å². The van der Waals surface area contributed by atoms with Gasteiger partial charge in [0, 0.05) is 29.8 Å². The summed E-state index contributed by atoms with van der Waals surface area (Å²) in [4.78, 5) is 13.9. The summed E-state index contributed by atoms with van der Waals surface area (Å²) in [6, 6.07) is 4.29. The number of rotatable bonds is 22. The smallest absolute Gasteiger partial charge is 0.160 e. The molecule has 0 N–H and O–H groups in total. The molecule has 0 aromatic carbocycles. The van der Waals surface area contributed by atoms with E-state index in [-0.39, 0.29) is 0 Å². The molecule has 0 saturated carbocycles. The molecule has 2 rings (SSSR count). The predicted octanol–water partition coefficient (Wildman–Crippen LogP) is 10.1. The molecule has 0 saturated heterocycles. The van der Waals surface area contributed by atoms with Crippen molar-refractivity contribution in [2.75, 3.05) is 0 Å². The number of aromatic nitrogens is 3. The fourth-order valence-electron chi connectivity index (χ4n) is 4.77. The molecule has 0 unspecified atom stereocenters. The summed E-state index contributed by atoms with van der Waals surface area (Å²) < 4.78 is 0. The highest BCUT2D eigenvalue weighted by atomic mass is 14.9. The number of hydrogen-bond donors (Lipinski definition) is 0. The van der Waals surface area contributed by atoms with Gasteiger partial charge in [-0.15, -0.1) is 0 Å². The zero-order valence-corrected chi connectivity index (χ0v) is 23.1. The van der Waals surface area contributed by atoms with Crippen LogP contribution in [0.15, 0.2) is 30.7 Å². The Labute approximate surface area is 217 Å².